The number of rotatable bonds is 10. The van der Waals surface area contributed by atoms with Crippen molar-refractivity contribution in [1.82, 2.24) is 14.5 Å². The van der Waals surface area contributed by atoms with Gasteiger partial charge in [-0.15, -0.1) is 0 Å². The summed E-state index contributed by atoms with van der Waals surface area (Å²) in [6.07, 6.45) is 10.3. The Morgan fingerprint density at radius 2 is 1.90 bits per heavy atom. The van der Waals surface area contributed by atoms with E-state index in [0.717, 1.165) is 50.0 Å². The van der Waals surface area contributed by atoms with Gasteiger partial charge in [-0.2, -0.15) is 13.2 Å². The van der Waals surface area contributed by atoms with Crippen molar-refractivity contribution >= 4 is 14.0 Å². The van der Waals surface area contributed by atoms with Gasteiger partial charge in [0.25, 0.3) is 0 Å². The molecule has 0 N–H and O–H groups in total. The van der Waals surface area contributed by atoms with Crippen LogP contribution < -0.4 is 0 Å². The number of nitrogens with zero attached hydrogens (tertiary/aromatic N) is 3. The van der Waals surface area contributed by atoms with Crippen molar-refractivity contribution < 1.29 is 27.4 Å². The molecule has 2 heterocycles. The zero-order chi connectivity index (χ0) is 28.9. The smallest absolute Gasteiger partial charge is 0.434 e. The number of hydrogen-bond donors (Lipinski definition) is 0. The van der Waals surface area contributed by atoms with Crippen molar-refractivity contribution in [3.8, 4) is 11.4 Å². The summed E-state index contributed by atoms with van der Waals surface area (Å²) in [6.45, 7) is 7.20. The summed E-state index contributed by atoms with van der Waals surface area (Å²) < 4.78 is 52.3. The molecule has 4 rings (SSSR count). The minimum atomic E-state index is -4.54. The molecule has 1 fully saturated rings. The van der Waals surface area contributed by atoms with Crippen LogP contribution in [0, 0.1) is 11.8 Å². The Hall–Kier alpha value is -2.72. The Kier molecular flexibility index (Phi) is 9.71. The maximum Gasteiger partial charge on any atom is 0.434 e. The maximum atomic E-state index is 13.4. The predicted octanol–water partition coefficient (Wildman–Crippen LogP) is 7.62. The monoisotopic (exact) mass is 575 g/mol. The minimum absolute atomic E-state index is 0.00812. The lowest BCUT2D eigenvalue weighted by molar-refractivity contribution is -0.142. The number of carbonyl (C=O) groups excluding carboxylic acids is 1. The standard InChI is InChI=1S/C30H40F3N3O3Si/c1-38-28(37)17-21-5-7-22(8-6-21)23-9-11-24(12-10-23)26-14-13-25(18-34-26)29-35-27(30(31,32)33)19-36(29)20-39-15-16-40(2,3)4/h9-11,13-14,18-19,21-22,24H,5-8,12,15-17,20H2,1-4H3/t21-,22-,24?. The number of pyridine rings is 1. The van der Waals surface area contributed by atoms with E-state index in [1.165, 1.54) is 17.3 Å². The fourth-order valence-electron chi connectivity index (χ4n) is 5.36. The van der Waals surface area contributed by atoms with Crippen LogP contribution >= 0.6 is 0 Å². The van der Waals surface area contributed by atoms with Gasteiger partial charge >= 0.3 is 12.1 Å². The molecule has 0 spiro atoms. The average molecular weight is 576 g/mol. The SMILES string of the molecule is COC(=O)C[C@H]1CC[C@H](C2=CCC(c3ccc(-c4nc(C(F)(F)F)cn4COCC[Si](C)(C)C)cn3)C=C2)CC1. The Morgan fingerprint density at radius 3 is 2.48 bits per heavy atom. The van der Waals surface area contributed by atoms with Gasteiger partial charge in [0.2, 0.25) is 0 Å². The van der Waals surface area contributed by atoms with Gasteiger partial charge in [0, 0.05) is 50.7 Å². The number of esters is 1. The van der Waals surface area contributed by atoms with Crippen LogP contribution in [0.1, 0.15) is 55.8 Å². The maximum absolute atomic E-state index is 13.4. The van der Waals surface area contributed by atoms with Gasteiger partial charge in [-0.3, -0.25) is 9.78 Å². The van der Waals surface area contributed by atoms with Crippen LogP contribution in [0.5, 0.6) is 0 Å². The Labute approximate surface area is 235 Å². The molecule has 2 aliphatic rings. The molecule has 2 aliphatic carbocycles. The van der Waals surface area contributed by atoms with Crippen molar-refractivity contribution in [2.24, 2.45) is 11.8 Å². The molecular weight excluding hydrogens is 535 g/mol. The molecule has 1 unspecified atom stereocenters. The summed E-state index contributed by atoms with van der Waals surface area (Å²) in [4.78, 5) is 20.1. The first-order valence-corrected chi connectivity index (χ1v) is 17.8. The second-order valence-electron chi connectivity index (χ2n) is 12.1. The molecule has 40 heavy (non-hydrogen) atoms. The van der Waals surface area contributed by atoms with Crippen LogP contribution in [0.4, 0.5) is 13.2 Å². The molecule has 2 aromatic heterocycles. The first kappa shape index (κ1) is 30.2. The fraction of sp³-hybridized carbons (Fsp3) is 0.567. The van der Waals surface area contributed by atoms with Crippen molar-refractivity contribution in [2.75, 3.05) is 13.7 Å². The van der Waals surface area contributed by atoms with Crippen LogP contribution in [0.3, 0.4) is 0 Å². The zero-order valence-corrected chi connectivity index (χ0v) is 24.8. The highest BCUT2D eigenvalue weighted by atomic mass is 28.3. The lowest BCUT2D eigenvalue weighted by Gasteiger charge is -2.30. The summed E-state index contributed by atoms with van der Waals surface area (Å²) in [5.41, 5.74) is 1.80. The molecule has 10 heteroatoms. The van der Waals surface area contributed by atoms with Crippen molar-refractivity contribution in [1.29, 1.82) is 0 Å². The zero-order valence-electron chi connectivity index (χ0n) is 23.8. The van der Waals surface area contributed by atoms with E-state index in [4.69, 9.17) is 9.47 Å². The van der Waals surface area contributed by atoms with E-state index in [-0.39, 0.29) is 24.4 Å². The fourth-order valence-corrected chi connectivity index (χ4v) is 6.11. The highest BCUT2D eigenvalue weighted by Gasteiger charge is 2.35. The summed E-state index contributed by atoms with van der Waals surface area (Å²) in [7, 11) is 0.130. The third-order valence-electron chi connectivity index (χ3n) is 7.85. The van der Waals surface area contributed by atoms with Crippen molar-refractivity contribution in [2.45, 2.75) is 83.0 Å². The van der Waals surface area contributed by atoms with E-state index in [1.807, 2.05) is 6.07 Å². The minimum Gasteiger partial charge on any atom is -0.469 e. The largest absolute Gasteiger partial charge is 0.469 e. The lowest BCUT2D eigenvalue weighted by atomic mass is 9.75. The number of aromatic nitrogens is 3. The molecule has 218 valence electrons. The van der Waals surface area contributed by atoms with E-state index < -0.39 is 19.9 Å². The Morgan fingerprint density at radius 1 is 1.15 bits per heavy atom. The number of imidazole rings is 1. The quantitative estimate of drug-likeness (QED) is 0.166. The Bertz CT molecular complexity index is 1210. The number of halogens is 3. The highest BCUT2D eigenvalue weighted by Crippen LogP contribution is 2.38. The number of carbonyl (C=O) groups is 1. The molecule has 0 aliphatic heterocycles. The topological polar surface area (TPSA) is 66.2 Å². The third kappa shape index (κ3) is 8.16. The summed E-state index contributed by atoms with van der Waals surface area (Å²) >= 11 is 0. The normalized spacial score (nSPS) is 21.8. The van der Waals surface area contributed by atoms with Gasteiger partial charge in [0.1, 0.15) is 12.6 Å². The van der Waals surface area contributed by atoms with E-state index in [0.29, 0.717) is 30.4 Å². The first-order valence-electron chi connectivity index (χ1n) is 14.1. The van der Waals surface area contributed by atoms with Crippen LogP contribution in [-0.4, -0.2) is 42.3 Å². The average Bonchev–Trinajstić information content (AvgIpc) is 3.36. The van der Waals surface area contributed by atoms with Gasteiger partial charge in [-0.1, -0.05) is 37.9 Å². The van der Waals surface area contributed by atoms with Crippen LogP contribution in [0.2, 0.25) is 25.7 Å². The molecule has 0 amide bonds. The van der Waals surface area contributed by atoms with Gasteiger partial charge in [-0.25, -0.2) is 4.98 Å². The van der Waals surface area contributed by atoms with Crippen molar-refractivity contribution in [3.63, 3.8) is 0 Å². The van der Waals surface area contributed by atoms with Crippen LogP contribution in [0.25, 0.3) is 11.4 Å². The van der Waals surface area contributed by atoms with Gasteiger partial charge in [0.15, 0.2) is 5.69 Å². The van der Waals surface area contributed by atoms with E-state index >= 15 is 0 Å². The molecule has 0 radical (unpaired) electrons. The van der Waals surface area contributed by atoms with E-state index in [1.54, 1.807) is 12.3 Å². The molecule has 2 aromatic rings. The molecule has 0 bridgehead atoms. The number of allylic oxidation sites excluding steroid dienone is 4. The van der Waals surface area contributed by atoms with Crippen LogP contribution in [0.15, 0.2) is 48.3 Å². The molecular formula is C30H40F3N3O3Si. The summed E-state index contributed by atoms with van der Waals surface area (Å²) in [5.74, 6) is 1.10. The molecule has 6 nitrogen and oxygen atoms in total. The summed E-state index contributed by atoms with van der Waals surface area (Å²) in [5, 5.41) is 0. The molecule has 1 atom stereocenters. The number of alkyl halides is 3. The third-order valence-corrected chi connectivity index (χ3v) is 9.55. The predicted molar refractivity (Wildman–Crippen MR) is 151 cm³/mol. The number of hydrogen-bond acceptors (Lipinski definition) is 5. The number of methoxy groups -OCH3 is 1. The van der Waals surface area contributed by atoms with Gasteiger partial charge in [-0.05, 0) is 67.7 Å². The van der Waals surface area contributed by atoms with Crippen LogP contribution in [-0.2, 0) is 27.2 Å². The molecule has 1 saturated carbocycles. The van der Waals surface area contributed by atoms with E-state index in [9.17, 15) is 18.0 Å². The van der Waals surface area contributed by atoms with E-state index in [2.05, 4.69) is 47.8 Å². The lowest BCUT2D eigenvalue weighted by Crippen LogP contribution is -2.22. The van der Waals surface area contributed by atoms with Crippen molar-refractivity contribution in [3.05, 3.63) is 59.7 Å². The summed E-state index contributed by atoms with van der Waals surface area (Å²) in [6, 6.07) is 4.60. The molecule has 0 aromatic carbocycles. The first-order chi connectivity index (χ1) is 18.9. The highest BCUT2D eigenvalue weighted by molar-refractivity contribution is 6.76. The van der Waals surface area contributed by atoms with Gasteiger partial charge in [0.05, 0.1) is 7.11 Å². The second-order valence-corrected chi connectivity index (χ2v) is 17.8. The second kappa shape index (κ2) is 12.8. The Balaban J connectivity index is 1.38. The van der Waals surface area contributed by atoms with Gasteiger partial charge < -0.3 is 14.0 Å². The number of ether oxygens (including phenoxy) is 2. The molecule has 0 saturated heterocycles.